The summed E-state index contributed by atoms with van der Waals surface area (Å²) < 4.78 is 8.36. The van der Waals surface area contributed by atoms with Crippen LogP contribution in [0.5, 0.6) is 0 Å². The molecule has 1 N–H and O–H groups in total. The summed E-state index contributed by atoms with van der Waals surface area (Å²) in [5.41, 5.74) is 2.46. The second kappa shape index (κ2) is 18.8. The van der Waals surface area contributed by atoms with Crippen molar-refractivity contribution in [2.75, 3.05) is 37.6 Å². The number of hydrogen-bond donors (Lipinski definition) is 1. The van der Waals surface area contributed by atoms with Gasteiger partial charge < -0.3 is 19.6 Å². The Balaban J connectivity index is 1.06. The number of benzene rings is 3. The van der Waals surface area contributed by atoms with Crippen LogP contribution in [0.3, 0.4) is 0 Å². The Morgan fingerprint density at radius 1 is 0.680 bits per heavy atom. The molecule has 0 bridgehead atoms. The number of unbranched alkanes of at least 4 members (excludes halogenated alkanes) is 6. The highest BCUT2D eigenvalue weighted by Gasteiger charge is 2.40. The fraction of sp³-hybridized carbons (Fsp3) is 0.524. The lowest BCUT2D eigenvalue weighted by Crippen LogP contribution is -2.45. The number of likely N-dealkylation sites (tertiary alicyclic amines) is 1. The third kappa shape index (κ3) is 10.8. The van der Waals surface area contributed by atoms with E-state index in [2.05, 4.69) is 60.7 Å². The molecule has 50 heavy (non-hydrogen) atoms. The third-order valence-corrected chi connectivity index (χ3v) is 11.8. The van der Waals surface area contributed by atoms with Crippen molar-refractivity contribution in [1.82, 2.24) is 4.90 Å². The lowest BCUT2D eigenvalue weighted by Gasteiger charge is -2.41. The highest BCUT2D eigenvalue weighted by Crippen LogP contribution is 2.39. The van der Waals surface area contributed by atoms with Gasteiger partial charge in [0.2, 0.25) is 0 Å². The van der Waals surface area contributed by atoms with Gasteiger partial charge in [-0.15, -0.1) is 0 Å². The van der Waals surface area contributed by atoms with Gasteiger partial charge in [0.05, 0.1) is 5.60 Å². The molecule has 0 aliphatic carbocycles. The first kappa shape index (κ1) is 38.7. The lowest BCUT2D eigenvalue weighted by molar-refractivity contribution is -0.167. The molecule has 270 valence electrons. The monoisotopic (exact) mass is 808 g/mol. The number of carbonyl (C=O) groups excluding carboxylic acids is 2. The molecule has 0 spiro atoms. The minimum Gasteiger partial charge on any atom is -0.454 e. The maximum atomic E-state index is 13.1. The second-order valence-electron chi connectivity index (χ2n) is 14.3. The van der Waals surface area contributed by atoms with Crippen LogP contribution in [0.2, 0.25) is 0 Å². The first-order valence-electron chi connectivity index (χ1n) is 18.8. The van der Waals surface area contributed by atoms with Gasteiger partial charge in [0.25, 0.3) is 0 Å². The number of nitrogens with zero attached hydrogens (tertiary/aromatic N) is 2. The second-order valence-corrected chi connectivity index (χ2v) is 16.1. The van der Waals surface area contributed by atoms with E-state index in [0.717, 1.165) is 96.2 Å². The van der Waals surface area contributed by atoms with Gasteiger partial charge in [0.1, 0.15) is 5.60 Å². The number of anilines is 1. The molecule has 0 aromatic heterocycles. The van der Waals surface area contributed by atoms with Crippen molar-refractivity contribution >= 4 is 49.3 Å². The van der Waals surface area contributed by atoms with Gasteiger partial charge in [0, 0.05) is 72.1 Å². The summed E-state index contributed by atoms with van der Waals surface area (Å²) in [6.45, 7) is 6.26. The molecule has 0 amide bonds. The number of ether oxygens (including phenoxy) is 1. The van der Waals surface area contributed by atoms with Crippen LogP contribution in [0.25, 0.3) is 0 Å². The molecule has 5 rings (SSSR count). The van der Waals surface area contributed by atoms with Crippen molar-refractivity contribution < 1.29 is 19.4 Å². The zero-order valence-electron chi connectivity index (χ0n) is 29.7. The van der Waals surface area contributed by atoms with E-state index >= 15 is 0 Å². The summed E-state index contributed by atoms with van der Waals surface area (Å²) in [5.74, 6) is 0.0781. The van der Waals surface area contributed by atoms with Gasteiger partial charge in [-0.2, -0.15) is 0 Å². The SMILES string of the molecule is CCCCCCCCCC(=O)OC1(c2ccc(Br)cc2)CCN(CCCC(=O)c2ccc(N3CCC(O)(c4ccc(Br)cc4)CC3)cc2)CC1. The number of piperidine rings is 2. The highest BCUT2D eigenvalue weighted by molar-refractivity contribution is 9.10. The predicted molar refractivity (Wildman–Crippen MR) is 210 cm³/mol. The summed E-state index contributed by atoms with van der Waals surface area (Å²) in [4.78, 5) is 30.9. The van der Waals surface area contributed by atoms with Crippen molar-refractivity contribution in [3.63, 3.8) is 0 Å². The van der Waals surface area contributed by atoms with Crippen molar-refractivity contribution in [3.05, 3.63) is 98.4 Å². The average Bonchev–Trinajstić information content (AvgIpc) is 3.13. The first-order valence-corrected chi connectivity index (χ1v) is 20.4. The standard InChI is InChI=1S/C42H54Br2N2O4/c1-2-3-4-5-6-7-8-11-40(48)50-42(35-16-20-37(44)21-17-35)26-29-45(30-27-42)28-9-10-39(47)33-12-22-38(23-13-33)46-31-24-41(49,25-32-46)34-14-18-36(43)19-15-34/h12-23,49H,2-11,24-32H2,1H3. The van der Waals surface area contributed by atoms with Crippen LogP contribution in [0, 0.1) is 0 Å². The number of Topliss-reactive ketones (excluding diaryl/α,β-unsaturated/α-hetero) is 1. The number of aliphatic hydroxyl groups is 1. The van der Waals surface area contributed by atoms with Crippen LogP contribution >= 0.6 is 31.9 Å². The summed E-state index contributed by atoms with van der Waals surface area (Å²) in [5, 5.41) is 11.3. The van der Waals surface area contributed by atoms with Crippen molar-refractivity contribution in [2.24, 2.45) is 0 Å². The molecule has 2 heterocycles. The Labute approximate surface area is 316 Å². The lowest BCUT2D eigenvalue weighted by atomic mass is 9.84. The van der Waals surface area contributed by atoms with Crippen molar-refractivity contribution in [2.45, 2.75) is 108 Å². The normalized spacial score (nSPS) is 17.4. The summed E-state index contributed by atoms with van der Waals surface area (Å²) >= 11 is 7.02. The maximum Gasteiger partial charge on any atom is 0.306 e. The number of ketones is 1. The Bertz CT molecular complexity index is 1490. The third-order valence-electron chi connectivity index (χ3n) is 10.7. The van der Waals surface area contributed by atoms with Crippen LogP contribution in [-0.4, -0.2) is 54.5 Å². The highest BCUT2D eigenvalue weighted by atomic mass is 79.9. The Morgan fingerprint density at radius 3 is 1.84 bits per heavy atom. The largest absolute Gasteiger partial charge is 0.454 e. The molecular weight excluding hydrogens is 756 g/mol. The number of hydrogen-bond acceptors (Lipinski definition) is 6. The van der Waals surface area contributed by atoms with Crippen LogP contribution in [0.4, 0.5) is 5.69 Å². The van der Waals surface area contributed by atoms with E-state index in [-0.39, 0.29) is 11.8 Å². The molecule has 3 aromatic rings. The van der Waals surface area contributed by atoms with Crippen molar-refractivity contribution in [1.29, 1.82) is 0 Å². The first-order chi connectivity index (χ1) is 24.2. The molecule has 0 radical (unpaired) electrons. The fourth-order valence-electron chi connectivity index (χ4n) is 7.49. The van der Waals surface area contributed by atoms with E-state index in [9.17, 15) is 14.7 Å². The van der Waals surface area contributed by atoms with Gasteiger partial charge in [-0.1, -0.05) is 102 Å². The van der Waals surface area contributed by atoms with Gasteiger partial charge >= 0.3 is 5.97 Å². The molecule has 6 nitrogen and oxygen atoms in total. The zero-order chi connectivity index (χ0) is 35.4. The molecular formula is C42H54Br2N2O4. The Kier molecular flexibility index (Phi) is 14.6. The van der Waals surface area contributed by atoms with Crippen LogP contribution in [0.1, 0.15) is 118 Å². The van der Waals surface area contributed by atoms with Crippen LogP contribution < -0.4 is 4.90 Å². The summed E-state index contributed by atoms with van der Waals surface area (Å²) in [6.07, 6.45) is 12.8. The topological polar surface area (TPSA) is 70.1 Å². The smallest absolute Gasteiger partial charge is 0.306 e. The molecule has 3 aromatic carbocycles. The molecule has 2 aliphatic rings. The Morgan fingerprint density at radius 2 is 1.24 bits per heavy atom. The van der Waals surface area contributed by atoms with E-state index in [1.807, 2.05) is 60.7 Å². The number of rotatable bonds is 17. The van der Waals surface area contributed by atoms with Gasteiger partial charge in [-0.3, -0.25) is 9.59 Å². The maximum absolute atomic E-state index is 13.1. The van der Waals surface area contributed by atoms with E-state index in [1.165, 1.54) is 32.1 Å². The van der Waals surface area contributed by atoms with E-state index in [1.54, 1.807) is 0 Å². The van der Waals surface area contributed by atoms with Gasteiger partial charge in [0.15, 0.2) is 5.78 Å². The molecule has 2 fully saturated rings. The van der Waals surface area contributed by atoms with Crippen LogP contribution in [0.15, 0.2) is 81.7 Å². The molecule has 8 heteroatoms. The number of esters is 1. The van der Waals surface area contributed by atoms with E-state index in [4.69, 9.17) is 4.74 Å². The summed E-state index contributed by atoms with van der Waals surface area (Å²) in [6, 6.07) is 24.2. The zero-order valence-corrected chi connectivity index (χ0v) is 32.9. The van der Waals surface area contributed by atoms with Gasteiger partial charge in [-0.05, 0) is 91.9 Å². The molecule has 0 unspecified atom stereocenters. The Hall–Kier alpha value is -2.52. The van der Waals surface area contributed by atoms with E-state index in [0.29, 0.717) is 25.7 Å². The van der Waals surface area contributed by atoms with Gasteiger partial charge in [-0.25, -0.2) is 0 Å². The summed E-state index contributed by atoms with van der Waals surface area (Å²) in [7, 11) is 0. The quantitative estimate of drug-likeness (QED) is 0.0832. The molecule has 0 atom stereocenters. The fourth-order valence-corrected chi connectivity index (χ4v) is 8.01. The number of carbonyl (C=O) groups is 2. The minimum atomic E-state index is -0.806. The van der Waals surface area contributed by atoms with Crippen LogP contribution in [-0.2, 0) is 20.7 Å². The molecule has 2 aliphatic heterocycles. The molecule has 2 saturated heterocycles. The molecule has 0 saturated carbocycles. The van der Waals surface area contributed by atoms with Crippen molar-refractivity contribution in [3.8, 4) is 0 Å². The average molecular weight is 811 g/mol. The van der Waals surface area contributed by atoms with E-state index < -0.39 is 11.2 Å². The minimum absolute atomic E-state index is 0.0888. The number of halogens is 2. The predicted octanol–water partition coefficient (Wildman–Crippen LogP) is 10.3.